The van der Waals surface area contributed by atoms with E-state index < -0.39 is 66.6 Å². The molecule has 30 heavy (non-hydrogen) atoms. The first kappa shape index (κ1) is 26.8. The molecule has 0 fully saturated rings. The highest BCUT2D eigenvalue weighted by Crippen LogP contribution is 2.09. The molecule has 0 heterocycles. The largest absolute Gasteiger partial charge is 0.480 e. The maximum absolute atomic E-state index is 12.6. The third-order valence-corrected chi connectivity index (χ3v) is 4.28. The number of aliphatic carboxylic acids is 1. The first-order valence-electron chi connectivity index (χ1n) is 9.31. The molecule has 0 rings (SSSR count). The number of carbonyl (C=O) groups excluding carboxylic acids is 5. The standard InChI is InChI=1S/C17H30N6O7/c1-3-8(2)14(17(30)21-7-13(26)27)23-16(29)10(6-12(20)25)22-15(28)9(18)4-5-11(19)24/h8-10,14H,3-7,18H2,1-2H3,(H2,19,24)(H2,20,25)(H,21,30)(H,22,28)(H,23,29)(H,26,27). The van der Waals surface area contributed by atoms with Crippen molar-refractivity contribution in [1.29, 1.82) is 0 Å². The van der Waals surface area contributed by atoms with Crippen LogP contribution in [0.15, 0.2) is 0 Å². The average Bonchev–Trinajstić information content (AvgIpc) is 2.66. The monoisotopic (exact) mass is 430 g/mol. The van der Waals surface area contributed by atoms with E-state index in [1.165, 1.54) is 0 Å². The number of carboxylic acid groups (broad SMARTS) is 1. The normalized spacial score (nSPS) is 14.5. The zero-order valence-corrected chi connectivity index (χ0v) is 17.0. The predicted molar refractivity (Wildman–Crippen MR) is 104 cm³/mol. The van der Waals surface area contributed by atoms with E-state index in [0.29, 0.717) is 6.42 Å². The van der Waals surface area contributed by atoms with Crippen LogP contribution in [0.3, 0.4) is 0 Å². The van der Waals surface area contributed by atoms with Gasteiger partial charge in [0, 0.05) is 6.42 Å². The van der Waals surface area contributed by atoms with Gasteiger partial charge < -0.3 is 38.3 Å². The van der Waals surface area contributed by atoms with E-state index in [4.69, 9.17) is 22.3 Å². The van der Waals surface area contributed by atoms with Crippen molar-refractivity contribution in [3.05, 3.63) is 0 Å². The molecule has 10 N–H and O–H groups in total. The molecule has 0 aromatic carbocycles. The number of hydrogen-bond acceptors (Lipinski definition) is 7. The van der Waals surface area contributed by atoms with Gasteiger partial charge in [-0.15, -0.1) is 0 Å². The van der Waals surface area contributed by atoms with Gasteiger partial charge in [0.15, 0.2) is 0 Å². The summed E-state index contributed by atoms with van der Waals surface area (Å²) >= 11 is 0. The topological polar surface area (TPSA) is 237 Å². The van der Waals surface area contributed by atoms with Gasteiger partial charge in [0.25, 0.3) is 0 Å². The Kier molecular flexibility index (Phi) is 11.7. The summed E-state index contributed by atoms with van der Waals surface area (Å²) in [5.41, 5.74) is 15.8. The summed E-state index contributed by atoms with van der Waals surface area (Å²) in [6.07, 6.45) is -0.319. The summed E-state index contributed by atoms with van der Waals surface area (Å²) in [5, 5.41) is 15.5. The third-order valence-electron chi connectivity index (χ3n) is 4.28. The van der Waals surface area contributed by atoms with Crippen molar-refractivity contribution >= 4 is 35.5 Å². The van der Waals surface area contributed by atoms with Gasteiger partial charge in [-0.05, 0) is 12.3 Å². The van der Waals surface area contributed by atoms with Crippen LogP contribution in [-0.4, -0.2) is 65.3 Å². The minimum absolute atomic E-state index is 0.0703. The van der Waals surface area contributed by atoms with E-state index >= 15 is 0 Å². The number of amides is 5. The van der Waals surface area contributed by atoms with Crippen LogP contribution in [0.25, 0.3) is 0 Å². The van der Waals surface area contributed by atoms with Crippen LogP contribution >= 0.6 is 0 Å². The van der Waals surface area contributed by atoms with Crippen molar-refractivity contribution in [2.45, 2.75) is 57.7 Å². The molecule has 0 aromatic heterocycles. The van der Waals surface area contributed by atoms with Crippen LogP contribution in [0.1, 0.15) is 39.5 Å². The van der Waals surface area contributed by atoms with Crippen LogP contribution in [0, 0.1) is 5.92 Å². The summed E-state index contributed by atoms with van der Waals surface area (Å²) in [6, 6.07) is -3.70. The van der Waals surface area contributed by atoms with Gasteiger partial charge in [-0.25, -0.2) is 0 Å². The van der Waals surface area contributed by atoms with E-state index in [-0.39, 0.29) is 18.8 Å². The van der Waals surface area contributed by atoms with E-state index in [0.717, 1.165) is 0 Å². The molecule has 0 spiro atoms. The van der Waals surface area contributed by atoms with E-state index in [1.807, 2.05) is 0 Å². The fourth-order valence-electron chi connectivity index (χ4n) is 2.35. The van der Waals surface area contributed by atoms with E-state index in [2.05, 4.69) is 16.0 Å². The molecule has 13 heteroatoms. The van der Waals surface area contributed by atoms with E-state index in [1.54, 1.807) is 13.8 Å². The van der Waals surface area contributed by atoms with Crippen molar-refractivity contribution in [1.82, 2.24) is 16.0 Å². The van der Waals surface area contributed by atoms with Crippen molar-refractivity contribution in [2.75, 3.05) is 6.54 Å². The molecule has 4 atom stereocenters. The third kappa shape index (κ3) is 10.4. The van der Waals surface area contributed by atoms with Crippen molar-refractivity contribution in [3.63, 3.8) is 0 Å². The zero-order chi connectivity index (χ0) is 23.4. The van der Waals surface area contributed by atoms with Crippen molar-refractivity contribution < 1.29 is 33.9 Å². The average molecular weight is 430 g/mol. The highest BCUT2D eigenvalue weighted by Gasteiger charge is 2.31. The SMILES string of the molecule is CCC(C)C(NC(=O)C(CC(N)=O)NC(=O)C(N)CCC(N)=O)C(=O)NCC(=O)O. The van der Waals surface area contributed by atoms with Gasteiger partial charge in [-0.2, -0.15) is 0 Å². The summed E-state index contributed by atoms with van der Waals surface area (Å²) in [4.78, 5) is 69.9. The van der Waals surface area contributed by atoms with Crippen LogP contribution in [0.5, 0.6) is 0 Å². The Bertz CT molecular complexity index is 669. The summed E-state index contributed by atoms with van der Waals surface area (Å²) in [5.74, 6) is -5.62. The lowest BCUT2D eigenvalue weighted by Gasteiger charge is -2.26. The predicted octanol–water partition coefficient (Wildman–Crippen LogP) is -3.33. The maximum atomic E-state index is 12.6. The Morgan fingerprint density at radius 3 is 2.00 bits per heavy atom. The first-order valence-corrected chi connectivity index (χ1v) is 9.31. The smallest absolute Gasteiger partial charge is 0.322 e. The van der Waals surface area contributed by atoms with Crippen molar-refractivity contribution in [2.24, 2.45) is 23.1 Å². The number of rotatable bonds is 14. The first-order chi connectivity index (χ1) is 13.9. The fraction of sp³-hybridized carbons (Fsp3) is 0.647. The molecule has 0 aromatic rings. The lowest BCUT2D eigenvalue weighted by atomic mass is 9.97. The Morgan fingerprint density at radius 1 is 0.933 bits per heavy atom. The lowest BCUT2D eigenvalue weighted by Crippen LogP contribution is -2.58. The lowest BCUT2D eigenvalue weighted by molar-refractivity contribution is -0.139. The minimum atomic E-state index is -1.42. The molecule has 0 aliphatic carbocycles. The molecule has 170 valence electrons. The van der Waals surface area contributed by atoms with Gasteiger partial charge in [-0.3, -0.25) is 28.8 Å². The summed E-state index contributed by atoms with van der Waals surface area (Å²) in [6.45, 7) is 2.78. The highest BCUT2D eigenvalue weighted by molar-refractivity contribution is 5.96. The molecule has 0 saturated heterocycles. The van der Waals surface area contributed by atoms with Crippen LogP contribution in [0.4, 0.5) is 0 Å². The molecule has 0 saturated carbocycles. The molecule has 0 aliphatic rings. The van der Waals surface area contributed by atoms with Crippen molar-refractivity contribution in [3.8, 4) is 0 Å². The molecule has 4 unspecified atom stereocenters. The van der Waals surface area contributed by atoms with Gasteiger partial charge in [0.05, 0.1) is 12.5 Å². The Hall–Kier alpha value is -3.22. The second kappa shape index (κ2) is 13.1. The number of hydrogen-bond donors (Lipinski definition) is 7. The second-order valence-corrected chi connectivity index (χ2v) is 6.83. The molecule has 0 aliphatic heterocycles. The van der Waals surface area contributed by atoms with Crippen LogP contribution in [0.2, 0.25) is 0 Å². The minimum Gasteiger partial charge on any atom is -0.480 e. The molecule has 5 amide bonds. The maximum Gasteiger partial charge on any atom is 0.322 e. The van der Waals surface area contributed by atoms with Crippen LogP contribution < -0.4 is 33.2 Å². The fourth-order valence-corrected chi connectivity index (χ4v) is 2.35. The summed E-state index contributed by atoms with van der Waals surface area (Å²) < 4.78 is 0. The highest BCUT2D eigenvalue weighted by atomic mass is 16.4. The second-order valence-electron chi connectivity index (χ2n) is 6.83. The number of carboxylic acids is 1. The van der Waals surface area contributed by atoms with E-state index in [9.17, 15) is 28.8 Å². The number of nitrogens with two attached hydrogens (primary N) is 3. The Labute approximate surface area is 173 Å². The zero-order valence-electron chi connectivity index (χ0n) is 17.0. The quantitative estimate of drug-likeness (QED) is 0.147. The van der Waals surface area contributed by atoms with Gasteiger partial charge in [0.1, 0.15) is 18.6 Å². The Morgan fingerprint density at radius 2 is 1.53 bits per heavy atom. The summed E-state index contributed by atoms with van der Waals surface area (Å²) in [7, 11) is 0. The van der Waals surface area contributed by atoms with Gasteiger partial charge in [-0.1, -0.05) is 20.3 Å². The van der Waals surface area contributed by atoms with Gasteiger partial charge >= 0.3 is 5.97 Å². The van der Waals surface area contributed by atoms with Gasteiger partial charge in [0.2, 0.25) is 29.5 Å². The molecule has 0 bridgehead atoms. The number of primary amides is 2. The molecular weight excluding hydrogens is 400 g/mol. The molecule has 13 nitrogen and oxygen atoms in total. The number of nitrogens with one attached hydrogen (secondary N) is 3. The van der Waals surface area contributed by atoms with Crippen LogP contribution in [-0.2, 0) is 28.8 Å². The molecular formula is C17H30N6O7. The molecule has 0 radical (unpaired) electrons. The number of carbonyl (C=O) groups is 6. The Balaban J connectivity index is 5.29.